The molecule has 0 fully saturated rings. The molecule has 102 valence electrons. The van der Waals surface area contributed by atoms with E-state index in [1.54, 1.807) is 17.5 Å². The first kappa shape index (κ1) is 14.3. The molecule has 0 saturated carbocycles. The molecule has 0 saturated heterocycles. The van der Waals surface area contributed by atoms with E-state index in [9.17, 15) is 4.79 Å². The van der Waals surface area contributed by atoms with Crippen molar-refractivity contribution in [3.63, 3.8) is 0 Å². The molecular formula is C13H16BrN3OS. The second-order valence-corrected chi connectivity index (χ2v) is 7.37. The maximum Gasteiger partial charge on any atom is 0.259 e. The number of halogens is 1. The zero-order valence-electron chi connectivity index (χ0n) is 11.1. The maximum absolute atomic E-state index is 12.2. The van der Waals surface area contributed by atoms with Crippen LogP contribution in [0, 0.1) is 12.8 Å². The standard InChI is InChI=1S/C13H16BrN3OS/c1-8(2)7-17-5-4-15-13(17)16-12(18)10-6-9(3)19-11(10)14/h4-6,8H,7H2,1-3H3,(H,15,16,18). The lowest BCUT2D eigenvalue weighted by atomic mass is 10.2. The molecular weight excluding hydrogens is 326 g/mol. The molecule has 2 aromatic rings. The van der Waals surface area contributed by atoms with E-state index >= 15 is 0 Å². The van der Waals surface area contributed by atoms with Crippen LogP contribution in [0.2, 0.25) is 0 Å². The first-order valence-electron chi connectivity index (χ1n) is 6.05. The van der Waals surface area contributed by atoms with E-state index in [2.05, 4.69) is 40.1 Å². The molecule has 1 N–H and O–H groups in total. The summed E-state index contributed by atoms with van der Waals surface area (Å²) in [7, 11) is 0. The van der Waals surface area contributed by atoms with Gasteiger partial charge in [-0.15, -0.1) is 11.3 Å². The van der Waals surface area contributed by atoms with Gasteiger partial charge in [-0.3, -0.25) is 10.1 Å². The van der Waals surface area contributed by atoms with Gasteiger partial charge in [0.1, 0.15) is 0 Å². The normalized spacial score (nSPS) is 11.0. The van der Waals surface area contributed by atoms with E-state index in [1.165, 1.54) is 0 Å². The number of carbonyl (C=O) groups excluding carboxylic acids is 1. The molecule has 0 atom stereocenters. The molecule has 2 heterocycles. The molecule has 0 radical (unpaired) electrons. The Morgan fingerprint density at radius 1 is 1.58 bits per heavy atom. The second-order valence-electron chi connectivity index (χ2n) is 4.80. The molecule has 1 amide bonds. The Balaban J connectivity index is 2.15. The topological polar surface area (TPSA) is 46.9 Å². The van der Waals surface area contributed by atoms with E-state index in [0.717, 1.165) is 15.2 Å². The molecule has 0 bridgehead atoms. The predicted octanol–water partition coefficient (Wildman–Crippen LogP) is 3.92. The number of aromatic nitrogens is 2. The molecule has 4 nitrogen and oxygen atoms in total. The summed E-state index contributed by atoms with van der Waals surface area (Å²) in [5.41, 5.74) is 0.654. The van der Waals surface area contributed by atoms with Gasteiger partial charge in [0, 0.05) is 23.8 Å². The molecule has 2 aromatic heterocycles. The van der Waals surface area contributed by atoms with Crippen LogP contribution in [0.3, 0.4) is 0 Å². The zero-order chi connectivity index (χ0) is 14.0. The van der Waals surface area contributed by atoms with Crippen molar-refractivity contribution in [2.24, 2.45) is 5.92 Å². The van der Waals surface area contributed by atoms with Crippen LogP contribution in [0.15, 0.2) is 22.2 Å². The summed E-state index contributed by atoms with van der Waals surface area (Å²) in [5, 5.41) is 2.86. The Morgan fingerprint density at radius 2 is 2.32 bits per heavy atom. The Hall–Kier alpha value is -1.14. The summed E-state index contributed by atoms with van der Waals surface area (Å²) in [4.78, 5) is 17.5. The number of anilines is 1. The lowest BCUT2D eigenvalue weighted by Crippen LogP contribution is -2.16. The summed E-state index contributed by atoms with van der Waals surface area (Å²) < 4.78 is 2.81. The zero-order valence-corrected chi connectivity index (χ0v) is 13.5. The number of thiophene rings is 1. The van der Waals surface area contributed by atoms with Crippen molar-refractivity contribution in [2.45, 2.75) is 27.3 Å². The Kier molecular flexibility index (Phi) is 4.42. The largest absolute Gasteiger partial charge is 0.317 e. The number of aryl methyl sites for hydroxylation is 1. The number of hydrogen-bond acceptors (Lipinski definition) is 3. The fraction of sp³-hybridized carbons (Fsp3) is 0.385. The van der Waals surface area contributed by atoms with Gasteiger partial charge in [-0.1, -0.05) is 13.8 Å². The van der Waals surface area contributed by atoms with E-state index in [0.29, 0.717) is 17.4 Å². The lowest BCUT2D eigenvalue weighted by molar-refractivity contribution is 0.102. The minimum Gasteiger partial charge on any atom is -0.317 e. The molecule has 19 heavy (non-hydrogen) atoms. The van der Waals surface area contributed by atoms with Crippen LogP contribution in [0.5, 0.6) is 0 Å². The molecule has 0 aliphatic heterocycles. The van der Waals surface area contributed by atoms with E-state index in [1.807, 2.05) is 23.8 Å². The predicted molar refractivity (Wildman–Crippen MR) is 81.8 cm³/mol. The van der Waals surface area contributed by atoms with Gasteiger partial charge in [-0.05, 0) is 34.8 Å². The van der Waals surface area contributed by atoms with Crippen LogP contribution >= 0.6 is 27.3 Å². The average Bonchev–Trinajstić information content (AvgIpc) is 2.85. The molecule has 2 rings (SSSR count). The fourth-order valence-electron chi connectivity index (χ4n) is 1.78. The van der Waals surface area contributed by atoms with Crippen LogP contribution in [0.4, 0.5) is 5.95 Å². The van der Waals surface area contributed by atoms with Crippen molar-refractivity contribution in [3.05, 3.63) is 32.7 Å². The van der Waals surface area contributed by atoms with Gasteiger partial charge in [0.05, 0.1) is 9.35 Å². The first-order valence-corrected chi connectivity index (χ1v) is 7.66. The minimum absolute atomic E-state index is 0.132. The third-order valence-electron chi connectivity index (χ3n) is 2.56. The van der Waals surface area contributed by atoms with Crippen LogP contribution < -0.4 is 5.32 Å². The third-order valence-corrected chi connectivity index (χ3v) is 4.31. The molecule has 0 unspecified atom stereocenters. The van der Waals surface area contributed by atoms with Crippen LogP contribution in [-0.4, -0.2) is 15.5 Å². The highest BCUT2D eigenvalue weighted by Gasteiger charge is 2.15. The van der Waals surface area contributed by atoms with Gasteiger partial charge in [0.15, 0.2) is 0 Å². The summed E-state index contributed by atoms with van der Waals surface area (Å²) in [6.07, 6.45) is 3.58. The highest BCUT2D eigenvalue weighted by Crippen LogP contribution is 2.28. The summed E-state index contributed by atoms with van der Waals surface area (Å²) in [6.45, 7) is 7.07. The summed E-state index contributed by atoms with van der Waals surface area (Å²) in [6, 6.07) is 1.87. The van der Waals surface area contributed by atoms with Crippen molar-refractivity contribution in [1.29, 1.82) is 0 Å². The monoisotopic (exact) mass is 341 g/mol. The molecule has 0 aliphatic rings. The van der Waals surface area contributed by atoms with Gasteiger partial charge >= 0.3 is 0 Å². The van der Waals surface area contributed by atoms with Crippen molar-refractivity contribution in [3.8, 4) is 0 Å². The lowest BCUT2D eigenvalue weighted by Gasteiger charge is -2.10. The average molecular weight is 342 g/mol. The number of amides is 1. The number of nitrogens with one attached hydrogen (secondary N) is 1. The second kappa shape index (κ2) is 5.88. The van der Waals surface area contributed by atoms with E-state index in [-0.39, 0.29) is 5.91 Å². The molecule has 6 heteroatoms. The Morgan fingerprint density at radius 3 is 2.89 bits per heavy atom. The van der Waals surface area contributed by atoms with E-state index < -0.39 is 0 Å². The Labute approximate surface area is 125 Å². The van der Waals surface area contributed by atoms with Gasteiger partial charge in [0.2, 0.25) is 5.95 Å². The SMILES string of the molecule is Cc1cc(C(=O)Nc2nccn2CC(C)C)c(Br)s1. The quantitative estimate of drug-likeness (QED) is 0.915. The highest BCUT2D eigenvalue weighted by atomic mass is 79.9. The highest BCUT2D eigenvalue weighted by molar-refractivity contribution is 9.11. The van der Waals surface area contributed by atoms with Crippen molar-refractivity contribution >= 4 is 39.1 Å². The minimum atomic E-state index is -0.132. The number of hydrogen-bond donors (Lipinski definition) is 1. The van der Waals surface area contributed by atoms with Crippen molar-refractivity contribution in [2.75, 3.05) is 5.32 Å². The van der Waals surface area contributed by atoms with Gasteiger partial charge in [0.25, 0.3) is 5.91 Å². The van der Waals surface area contributed by atoms with Crippen molar-refractivity contribution in [1.82, 2.24) is 9.55 Å². The summed E-state index contributed by atoms with van der Waals surface area (Å²) in [5.74, 6) is 0.960. The van der Waals surface area contributed by atoms with Gasteiger partial charge in [-0.25, -0.2) is 4.98 Å². The van der Waals surface area contributed by atoms with Gasteiger partial charge in [-0.2, -0.15) is 0 Å². The number of imidazole rings is 1. The number of nitrogens with zero attached hydrogens (tertiary/aromatic N) is 2. The molecule has 0 aromatic carbocycles. The Bertz CT molecular complexity index is 588. The van der Waals surface area contributed by atoms with Crippen LogP contribution in [0.1, 0.15) is 29.1 Å². The smallest absolute Gasteiger partial charge is 0.259 e. The summed E-state index contributed by atoms with van der Waals surface area (Å²) >= 11 is 4.96. The maximum atomic E-state index is 12.2. The van der Waals surface area contributed by atoms with Crippen LogP contribution in [0.25, 0.3) is 0 Å². The van der Waals surface area contributed by atoms with E-state index in [4.69, 9.17) is 0 Å². The van der Waals surface area contributed by atoms with Crippen molar-refractivity contribution < 1.29 is 4.79 Å². The number of carbonyl (C=O) groups is 1. The molecule has 0 aliphatic carbocycles. The first-order chi connectivity index (χ1) is 8.97. The van der Waals surface area contributed by atoms with Crippen LogP contribution in [-0.2, 0) is 6.54 Å². The third kappa shape index (κ3) is 3.45. The molecule has 0 spiro atoms. The fourth-order valence-corrected chi connectivity index (χ4v) is 3.56. The van der Waals surface area contributed by atoms with Gasteiger partial charge < -0.3 is 4.57 Å². The number of rotatable bonds is 4.